The monoisotopic (exact) mass is 369 g/mol. The highest BCUT2D eigenvalue weighted by Gasteiger charge is 2.30. The van der Waals surface area contributed by atoms with Crippen molar-refractivity contribution in [3.05, 3.63) is 69.5 Å². The molecule has 2 N–H and O–H groups in total. The van der Waals surface area contributed by atoms with Crippen LogP contribution in [0.2, 0.25) is 0 Å². The molecular formula is C18H16BrN3O. The Morgan fingerprint density at radius 1 is 1.17 bits per heavy atom. The molecule has 1 heterocycles. The van der Waals surface area contributed by atoms with Gasteiger partial charge in [0.1, 0.15) is 17.4 Å². The maximum atomic E-state index is 9.53. The molecule has 0 spiro atoms. The van der Waals surface area contributed by atoms with Crippen LogP contribution in [0.4, 0.5) is 5.69 Å². The molecule has 5 heteroatoms. The van der Waals surface area contributed by atoms with Gasteiger partial charge in [0.25, 0.3) is 0 Å². The lowest BCUT2D eigenvalue weighted by Crippen LogP contribution is -2.21. The number of nitrogens with two attached hydrogens (primary N) is 1. The van der Waals surface area contributed by atoms with E-state index in [4.69, 9.17) is 10.5 Å². The van der Waals surface area contributed by atoms with Gasteiger partial charge in [-0.15, -0.1) is 0 Å². The second-order valence-corrected chi connectivity index (χ2v) is 6.51. The fraction of sp³-hybridized carbons (Fsp3) is 0.167. The first-order valence-electron chi connectivity index (χ1n) is 7.15. The van der Waals surface area contributed by atoms with E-state index in [1.54, 1.807) is 0 Å². The predicted molar refractivity (Wildman–Crippen MR) is 94.2 cm³/mol. The number of anilines is 1. The van der Waals surface area contributed by atoms with E-state index in [0.717, 1.165) is 21.3 Å². The zero-order valence-electron chi connectivity index (χ0n) is 12.9. The minimum absolute atomic E-state index is 0.170. The standard InChI is InChI=1S/C18H16BrN3O/c1-22(2)13-7-8-14-16(9-13)23-18(21)15(10-20)17(14)11-3-5-12(19)6-4-11/h3-9,17H,21H2,1-2H3/t17-/m1/s1. The second-order valence-electron chi connectivity index (χ2n) is 5.59. The van der Waals surface area contributed by atoms with Gasteiger partial charge in [0.2, 0.25) is 5.88 Å². The van der Waals surface area contributed by atoms with E-state index in [1.807, 2.05) is 61.5 Å². The lowest BCUT2D eigenvalue weighted by molar-refractivity contribution is 0.394. The number of ether oxygens (including phenoxy) is 1. The Hall–Kier alpha value is -2.45. The summed E-state index contributed by atoms with van der Waals surface area (Å²) < 4.78 is 6.69. The highest BCUT2D eigenvalue weighted by Crippen LogP contribution is 2.43. The van der Waals surface area contributed by atoms with E-state index in [9.17, 15) is 5.26 Å². The smallest absolute Gasteiger partial charge is 0.205 e. The van der Waals surface area contributed by atoms with Crippen molar-refractivity contribution in [1.29, 1.82) is 5.26 Å². The van der Waals surface area contributed by atoms with Crippen LogP contribution in [0.25, 0.3) is 0 Å². The van der Waals surface area contributed by atoms with Gasteiger partial charge in [-0.2, -0.15) is 5.26 Å². The third-order valence-electron chi connectivity index (χ3n) is 3.92. The van der Waals surface area contributed by atoms with Crippen LogP contribution in [0.1, 0.15) is 17.0 Å². The zero-order valence-corrected chi connectivity index (χ0v) is 14.5. The van der Waals surface area contributed by atoms with Crippen molar-refractivity contribution in [2.24, 2.45) is 5.73 Å². The minimum Gasteiger partial charge on any atom is -0.440 e. The molecule has 2 aromatic rings. The molecule has 0 radical (unpaired) electrons. The van der Waals surface area contributed by atoms with E-state index in [1.165, 1.54) is 0 Å². The fourth-order valence-electron chi connectivity index (χ4n) is 2.72. The van der Waals surface area contributed by atoms with Crippen molar-refractivity contribution < 1.29 is 4.74 Å². The SMILES string of the molecule is CN(C)c1ccc2c(c1)OC(N)=C(C#N)[C@@H]2c1ccc(Br)cc1. The molecule has 23 heavy (non-hydrogen) atoms. The van der Waals surface area contributed by atoms with Gasteiger partial charge < -0.3 is 15.4 Å². The van der Waals surface area contributed by atoms with Crippen LogP contribution in [-0.4, -0.2) is 14.1 Å². The number of rotatable bonds is 2. The molecule has 0 amide bonds. The Balaban J connectivity index is 2.17. The van der Waals surface area contributed by atoms with E-state index >= 15 is 0 Å². The van der Waals surface area contributed by atoms with Crippen molar-refractivity contribution >= 4 is 21.6 Å². The fourth-order valence-corrected chi connectivity index (χ4v) is 2.98. The molecule has 0 aromatic heterocycles. The zero-order chi connectivity index (χ0) is 16.6. The molecule has 1 aliphatic rings. The van der Waals surface area contributed by atoms with Crippen LogP contribution >= 0.6 is 15.9 Å². The molecule has 0 saturated heterocycles. The van der Waals surface area contributed by atoms with Crippen LogP contribution in [0.5, 0.6) is 5.75 Å². The van der Waals surface area contributed by atoms with Crippen LogP contribution in [0.15, 0.2) is 58.4 Å². The molecule has 0 saturated carbocycles. The van der Waals surface area contributed by atoms with E-state index in [2.05, 4.69) is 22.0 Å². The summed E-state index contributed by atoms with van der Waals surface area (Å²) in [6.45, 7) is 0. The summed E-state index contributed by atoms with van der Waals surface area (Å²) in [7, 11) is 3.94. The highest BCUT2D eigenvalue weighted by molar-refractivity contribution is 9.10. The molecule has 0 bridgehead atoms. The topological polar surface area (TPSA) is 62.3 Å². The first kappa shape index (κ1) is 15.4. The van der Waals surface area contributed by atoms with Crippen molar-refractivity contribution in [3.63, 3.8) is 0 Å². The molecule has 3 rings (SSSR count). The van der Waals surface area contributed by atoms with Crippen molar-refractivity contribution in [2.75, 3.05) is 19.0 Å². The Kier molecular flexibility index (Phi) is 4.01. The summed E-state index contributed by atoms with van der Waals surface area (Å²) in [6, 6.07) is 16.1. The van der Waals surface area contributed by atoms with Gasteiger partial charge in [0.15, 0.2) is 0 Å². The number of nitriles is 1. The average Bonchev–Trinajstić information content (AvgIpc) is 2.53. The average molecular weight is 370 g/mol. The van der Waals surface area contributed by atoms with Crippen LogP contribution < -0.4 is 15.4 Å². The number of allylic oxidation sites excluding steroid dienone is 1. The third kappa shape index (κ3) is 2.78. The van der Waals surface area contributed by atoms with Crippen LogP contribution in [-0.2, 0) is 0 Å². The summed E-state index contributed by atoms with van der Waals surface area (Å²) in [5.41, 5.74) is 9.42. The van der Waals surface area contributed by atoms with Crippen molar-refractivity contribution in [2.45, 2.75) is 5.92 Å². The number of hydrogen-bond donors (Lipinski definition) is 1. The largest absolute Gasteiger partial charge is 0.440 e. The van der Waals surface area contributed by atoms with Crippen molar-refractivity contribution in [3.8, 4) is 11.8 Å². The van der Waals surface area contributed by atoms with Crippen molar-refractivity contribution in [1.82, 2.24) is 0 Å². The van der Waals surface area contributed by atoms with Gasteiger partial charge in [-0.3, -0.25) is 0 Å². The van der Waals surface area contributed by atoms with E-state index < -0.39 is 0 Å². The lowest BCUT2D eigenvalue weighted by atomic mass is 9.83. The third-order valence-corrected chi connectivity index (χ3v) is 4.45. The number of nitrogens with zero attached hydrogens (tertiary/aromatic N) is 2. The summed E-state index contributed by atoms with van der Waals surface area (Å²) >= 11 is 3.44. The van der Waals surface area contributed by atoms with Gasteiger partial charge in [-0.05, 0) is 23.8 Å². The quantitative estimate of drug-likeness (QED) is 0.875. The van der Waals surface area contributed by atoms with Gasteiger partial charge in [0, 0.05) is 35.9 Å². The summed E-state index contributed by atoms with van der Waals surface area (Å²) in [4.78, 5) is 2.00. The van der Waals surface area contributed by atoms with E-state index in [0.29, 0.717) is 11.3 Å². The Morgan fingerprint density at radius 3 is 2.48 bits per heavy atom. The van der Waals surface area contributed by atoms with E-state index in [-0.39, 0.29) is 11.8 Å². The summed E-state index contributed by atoms with van der Waals surface area (Å²) in [6.07, 6.45) is 0. The maximum Gasteiger partial charge on any atom is 0.205 e. The molecule has 2 aromatic carbocycles. The number of benzene rings is 2. The number of halogens is 1. The number of fused-ring (bicyclic) bond motifs is 1. The second kappa shape index (κ2) is 5.98. The summed E-state index contributed by atoms with van der Waals surface area (Å²) in [5, 5.41) is 9.53. The minimum atomic E-state index is -0.215. The normalized spacial score (nSPS) is 16.3. The van der Waals surface area contributed by atoms with Gasteiger partial charge >= 0.3 is 0 Å². The lowest BCUT2D eigenvalue weighted by Gasteiger charge is -2.27. The molecule has 0 fully saturated rings. The molecule has 0 aliphatic carbocycles. The molecule has 116 valence electrons. The Morgan fingerprint density at radius 2 is 1.87 bits per heavy atom. The summed E-state index contributed by atoms with van der Waals surface area (Å²) in [5.74, 6) is 0.650. The Labute approximate surface area is 143 Å². The molecule has 1 aliphatic heterocycles. The Bertz CT molecular complexity index is 819. The first-order valence-corrected chi connectivity index (χ1v) is 7.95. The first-order chi connectivity index (χ1) is 11.0. The molecule has 0 unspecified atom stereocenters. The number of hydrogen-bond acceptors (Lipinski definition) is 4. The molecular weight excluding hydrogens is 354 g/mol. The highest BCUT2D eigenvalue weighted by atomic mass is 79.9. The van der Waals surface area contributed by atoms with Gasteiger partial charge in [-0.1, -0.05) is 34.1 Å². The van der Waals surface area contributed by atoms with Gasteiger partial charge in [0.05, 0.1) is 5.92 Å². The van der Waals surface area contributed by atoms with Gasteiger partial charge in [-0.25, -0.2) is 0 Å². The predicted octanol–water partition coefficient (Wildman–Crippen LogP) is 3.73. The van der Waals surface area contributed by atoms with Crippen LogP contribution in [0, 0.1) is 11.3 Å². The molecule has 1 atom stereocenters. The van der Waals surface area contributed by atoms with Crippen LogP contribution in [0.3, 0.4) is 0 Å². The molecule has 4 nitrogen and oxygen atoms in total. The maximum absolute atomic E-state index is 9.53.